The quantitative estimate of drug-likeness (QED) is 0.841. The fourth-order valence-electron chi connectivity index (χ4n) is 1.78. The van der Waals surface area contributed by atoms with Gasteiger partial charge in [-0.25, -0.2) is 0 Å². The van der Waals surface area contributed by atoms with Gasteiger partial charge >= 0.3 is 6.61 Å². The van der Waals surface area contributed by atoms with Gasteiger partial charge in [-0.1, -0.05) is 12.1 Å². The molecule has 1 aromatic heterocycles. The highest BCUT2D eigenvalue weighted by atomic mass is 19.3. The fraction of sp³-hybridized carbons (Fsp3) is 0.214. The largest absolute Gasteiger partial charge is 0.434 e. The number of para-hydroxylation sites is 1. The van der Waals surface area contributed by atoms with E-state index in [1.165, 1.54) is 28.9 Å². The normalized spacial score (nSPS) is 10.4. The molecule has 23 heavy (non-hydrogen) atoms. The first-order chi connectivity index (χ1) is 11.0. The predicted octanol–water partition coefficient (Wildman–Crippen LogP) is 1.39. The zero-order chi connectivity index (χ0) is 16.8. The third-order valence-electron chi connectivity index (χ3n) is 2.74. The minimum Gasteiger partial charge on any atom is -0.434 e. The molecule has 0 radical (unpaired) electrons. The summed E-state index contributed by atoms with van der Waals surface area (Å²) in [5.41, 5.74) is -0.0848. The molecule has 2 aromatic rings. The number of carbonyl (C=O) groups excluding carboxylic acids is 2. The summed E-state index contributed by atoms with van der Waals surface area (Å²) >= 11 is 0. The van der Waals surface area contributed by atoms with Gasteiger partial charge in [0.05, 0.1) is 12.1 Å². The minimum atomic E-state index is -3.04. The first-order valence-electron chi connectivity index (χ1n) is 6.57. The number of benzene rings is 1. The number of aromatic nitrogens is 2. The molecule has 0 saturated heterocycles. The van der Waals surface area contributed by atoms with E-state index >= 15 is 0 Å². The van der Waals surface area contributed by atoms with Crippen LogP contribution in [0.25, 0.3) is 0 Å². The maximum absolute atomic E-state index is 12.3. The summed E-state index contributed by atoms with van der Waals surface area (Å²) in [5.74, 6) is -1.11. The minimum absolute atomic E-state index is 0.0848. The lowest BCUT2D eigenvalue weighted by molar-refractivity contribution is -0.115. The average molecular weight is 324 g/mol. The van der Waals surface area contributed by atoms with Crippen LogP contribution < -0.4 is 15.4 Å². The van der Waals surface area contributed by atoms with Crippen LogP contribution in [0.2, 0.25) is 0 Å². The van der Waals surface area contributed by atoms with Crippen LogP contribution in [0.15, 0.2) is 36.5 Å². The number of rotatable bonds is 6. The van der Waals surface area contributed by atoms with Crippen molar-refractivity contribution in [1.29, 1.82) is 0 Å². The van der Waals surface area contributed by atoms with Gasteiger partial charge in [0.1, 0.15) is 5.75 Å². The van der Waals surface area contributed by atoms with Crippen molar-refractivity contribution in [3.63, 3.8) is 0 Å². The van der Waals surface area contributed by atoms with Crippen molar-refractivity contribution in [1.82, 2.24) is 15.1 Å². The maximum Gasteiger partial charge on any atom is 0.387 e. The molecule has 0 aliphatic carbocycles. The van der Waals surface area contributed by atoms with E-state index in [0.717, 1.165) is 0 Å². The summed E-state index contributed by atoms with van der Waals surface area (Å²) in [5, 5.41) is 8.76. The number of halogens is 2. The Kier molecular flexibility index (Phi) is 5.23. The molecule has 1 heterocycles. The number of aryl methyl sites for hydroxylation is 1. The number of hydrogen-bond acceptors (Lipinski definition) is 4. The Morgan fingerprint density at radius 1 is 1.30 bits per heavy atom. The number of carbonyl (C=O) groups is 2. The molecular weight excluding hydrogens is 310 g/mol. The summed E-state index contributed by atoms with van der Waals surface area (Å²) < 4.78 is 30.4. The van der Waals surface area contributed by atoms with Crippen LogP contribution in [-0.4, -0.2) is 34.8 Å². The van der Waals surface area contributed by atoms with E-state index in [-0.39, 0.29) is 17.9 Å². The van der Waals surface area contributed by atoms with Gasteiger partial charge in [-0.2, -0.15) is 13.9 Å². The molecule has 0 bridgehead atoms. The second-order valence-corrected chi connectivity index (χ2v) is 4.48. The zero-order valence-corrected chi connectivity index (χ0v) is 12.1. The molecule has 0 aliphatic rings. The van der Waals surface area contributed by atoms with Gasteiger partial charge in [-0.3, -0.25) is 14.3 Å². The number of anilines is 1. The van der Waals surface area contributed by atoms with Crippen LogP contribution >= 0.6 is 0 Å². The number of alkyl halides is 2. The van der Waals surface area contributed by atoms with Gasteiger partial charge in [0.2, 0.25) is 5.91 Å². The summed E-state index contributed by atoms with van der Waals surface area (Å²) in [6.45, 7) is -3.38. The number of amides is 2. The van der Waals surface area contributed by atoms with Crippen molar-refractivity contribution >= 4 is 17.6 Å². The summed E-state index contributed by atoms with van der Waals surface area (Å²) in [6, 6.07) is 7.12. The van der Waals surface area contributed by atoms with E-state index in [1.54, 1.807) is 19.3 Å². The molecule has 0 atom stereocenters. The topological polar surface area (TPSA) is 85.2 Å². The third-order valence-corrected chi connectivity index (χ3v) is 2.74. The molecule has 0 fully saturated rings. The van der Waals surface area contributed by atoms with Crippen LogP contribution in [0.4, 0.5) is 14.6 Å². The average Bonchev–Trinajstić information content (AvgIpc) is 2.90. The molecule has 2 N–H and O–H groups in total. The highest BCUT2D eigenvalue weighted by Gasteiger charge is 2.16. The summed E-state index contributed by atoms with van der Waals surface area (Å²) in [7, 11) is 1.69. The molecule has 0 unspecified atom stereocenters. The van der Waals surface area contributed by atoms with Gasteiger partial charge in [-0.05, 0) is 12.1 Å². The second-order valence-electron chi connectivity index (χ2n) is 4.48. The number of nitrogens with one attached hydrogen (secondary N) is 2. The van der Waals surface area contributed by atoms with Gasteiger partial charge in [-0.15, -0.1) is 0 Å². The van der Waals surface area contributed by atoms with Gasteiger partial charge in [0.15, 0.2) is 5.82 Å². The van der Waals surface area contributed by atoms with Crippen molar-refractivity contribution in [3.05, 3.63) is 42.1 Å². The fourth-order valence-corrected chi connectivity index (χ4v) is 1.78. The molecule has 7 nitrogen and oxygen atoms in total. The van der Waals surface area contributed by atoms with Crippen molar-refractivity contribution in [2.24, 2.45) is 7.05 Å². The predicted molar refractivity (Wildman–Crippen MR) is 77.2 cm³/mol. The summed E-state index contributed by atoms with van der Waals surface area (Å²) in [6.07, 6.45) is 1.64. The van der Waals surface area contributed by atoms with Crippen LogP contribution in [0.1, 0.15) is 10.4 Å². The third kappa shape index (κ3) is 4.77. The Morgan fingerprint density at radius 3 is 2.70 bits per heavy atom. The monoisotopic (exact) mass is 324 g/mol. The van der Waals surface area contributed by atoms with Crippen LogP contribution in [0.3, 0.4) is 0 Å². The molecule has 2 rings (SSSR count). The molecular formula is C14H14F2N4O3. The molecule has 0 saturated carbocycles. The van der Waals surface area contributed by atoms with Gasteiger partial charge in [0.25, 0.3) is 5.91 Å². The number of ether oxygens (including phenoxy) is 1. The van der Waals surface area contributed by atoms with E-state index in [0.29, 0.717) is 5.82 Å². The first kappa shape index (κ1) is 16.4. The Labute approximate surface area is 130 Å². The molecule has 0 aliphatic heterocycles. The lowest BCUT2D eigenvalue weighted by atomic mass is 10.2. The van der Waals surface area contributed by atoms with E-state index < -0.39 is 18.4 Å². The second kappa shape index (κ2) is 7.34. The van der Waals surface area contributed by atoms with Crippen LogP contribution in [0.5, 0.6) is 5.75 Å². The Bertz CT molecular complexity index is 703. The molecule has 0 spiro atoms. The Hall–Kier alpha value is -2.97. The molecule has 122 valence electrons. The van der Waals surface area contributed by atoms with Crippen molar-refractivity contribution in [2.75, 3.05) is 11.9 Å². The lowest BCUT2D eigenvalue weighted by Gasteiger charge is -2.10. The van der Waals surface area contributed by atoms with E-state index in [1.807, 2.05) is 0 Å². The summed E-state index contributed by atoms with van der Waals surface area (Å²) in [4.78, 5) is 23.7. The van der Waals surface area contributed by atoms with E-state index in [2.05, 4.69) is 20.5 Å². The Morgan fingerprint density at radius 2 is 2.04 bits per heavy atom. The lowest BCUT2D eigenvalue weighted by Crippen LogP contribution is -2.33. The standard InChI is InChI=1S/C14H14F2N4O3/c1-20-7-6-11(19-20)18-12(21)8-17-13(22)9-4-2-3-5-10(9)23-14(15)16/h2-7,14H,8H2,1H3,(H,17,22)(H,18,19,21). The Balaban J connectivity index is 1.93. The highest BCUT2D eigenvalue weighted by Crippen LogP contribution is 2.19. The van der Waals surface area contributed by atoms with Gasteiger partial charge < -0.3 is 15.4 Å². The molecule has 2 amide bonds. The smallest absolute Gasteiger partial charge is 0.387 e. The number of hydrogen-bond donors (Lipinski definition) is 2. The molecule has 1 aromatic carbocycles. The maximum atomic E-state index is 12.3. The number of nitrogens with zero attached hydrogens (tertiary/aromatic N) is 2. The van der Waals surface area contributed by atoms with Crippen molar-refractivity contribution in [3.8, 4) is 5.75 Å². The van der Waals surface area contributed by atoms with Gasteiger partial charge in [0, 0.05) is 19.3 Å². The van der Waals surface area contributed by atoms with Crippen LogP contribution in [-0.2, 0) is 11.8 Å². The van der Waals surface area contributed by atoms with Crippen molar-refractivity contribution in [2.45, 2.75) is 6.61 Å². The highest BCUT2D eigenvalue weighted by molar-refractivity contribution is 6.00. The molecule has 9 heteroatoms. The first-order valence-corrected chi connectivity index (χ1v) is 6.57. The SMILES string of the molecule is Cn1ccc(NC(=O)CNC(=O)c2ccccc2OC(F)F)n1. The van der Waals surface area contributed by atoms with E-state index in [4.69, 9.17) is 0 Å². The van der Waals surface area contributed by atoms with Crippen molar-refractivity contribution < 1.29 is 23.1 Å². The van der Waals surface area contributed by atoms with Crippen LogP contribution in [0, 0.1) is 0 Å². The zero-order valence-electron chi connectivity index (χ0n) is 12.1. The van der Waals surface area contributed by atoms with E-state index in [9.17, 15) is 18.4 Å².